The number of allylic oxidation sites excluding steroid dienone is 1. The first-order valence-corrected chi connectivity index (χ1v) is 13.3. The molecule has 0 spiro atoms. The van der Waals surface area contributed by atoms with Gasteiger partial charge in [-0.1, -0.05) is 12.2 Å². The molecular weight excluding hydrogens is 504 g/mol. The number of rotatable bonds is 2. The van der Waals surface area contributed by atoms with Crippen molar-refractivity contribution in [3.63, 3.8) is 0 Å². The molecule has 206 valence electrons. The number of fused-ring (bicyclic) bond motifs is 3. The Hall–Kier alpha value is -4.01. The second-order valence-corrected chi connectivity index (χ2v) is 10.0. The molecule has 0 fully saturated rings. The second kappa shape index (κ2) is 11.4. The molecule has 0 saturated carbocycles. The monoisotopic (exact) mass is 536 g/mol. The first-order chi connectivity index (χ1) is 18.9. The van der Waals surface area contributed by atoms with Gasteiger partial charge in [0, 0.05) is 24.3 Å². The van der Waals surface area contributed by atoms with Gasteiger partial charge in [-0.2, -0.15) is 0 Å². The van der Waals surface area contributed by atoms with Gasteiger partial charge < -0.3 is 28.8 Å². The molecule has 0 aliphatic carbocycles. The molecule has 2 aromatic rings. The first-order valence-electron chi connectivity index (χ1n) is 13.3. The normalized spacial score (nSPS) is 21.6. The van der Waals surface area contributed by atoms with E-state index in [0.29, 0.717) is 85.7 Å². The zero-order valence-corrected chi connectivity index (χ0v) is 22.1. The van der Waals surface area contributed by atoms with Crippen molar-refractivity contribution < 1.29 is 43.2 Å². The molecule has 0 unspecified atom stereocenters. The highest BCUT2D eigenvalue weighted by Crippen LogP contribution is 2.50. The Balaban J connectivity index is 1.61. The number of benzene rings is 2. The average molecular weight is 537 g/mol. The van der Waals surface area contributed by atoms with Crippen LogP contribution in [0, 0.1) is 0 Å². The Morgan fingerprint density at radius 1 is 1.00 bits per heavy atom. The van der Waals surface area contributed by atoms with Gasteiger partial charge in [0.25, 0.3) is 0 Å². The SMILES string of the molecule is COc1cc([C@H]2CC(=O)Oc3cc4c(c(O)c32)C(=O)O[C@H](C)CCCC(=O)CCCC=C4)cc2c1OCCO2. The summed E-state index contributed by atoms with van der Waals surface area (Å²) >= 11 is 0. The number of aromatic hydroxyl groups is 1. The molecule has 2 atom stereocenters. The molecule has 39 heavy (non-hydrogen) atoms. The number of Topliss-reactive ketones (excluding diaryl/α,β-unsaturated/α-hetero) is 1. The first kappa shape index (κ1) is 26.6. The lowest BCUT2D eigenvalue weighted by Gasteiger charge is -2.29. The van der Waals surface area contributed by atoms with E-state index in [1.807, 2.05) is 6.08 Å². The maximum atomic E-state index is 13.4. The standard InChI is InChI=1S/C30H32O9/c1-17-7-6-10-20(31)9-5-3-4-8-18-13-22-27(28(33)26(18)30(34)38-17)21(16-25(32)39-22)19-14-23(35-2)29-24(15-19)36-11-12-37-29/h4,8,13-15,17,21,33H,3,5-7,9-12,16H2,1-2H3/t17-,21-/m1/s1. The van der Waals surface area contributed by atoms with Crippen LogP contribution in [0.15, 0.2) is 24.3 Å². The quantitative estimate of drug-likeness (QED) is 0.413. The van der Waals surface area contributed by atoms with Gasteiger partial charge >= 0.3 is 11.9 Å². The highest BCUT2D eigenvalue weighted by molar-refractivity contribution is 5.98. The molecule has 9 nitrogen and oxygen atoms in total. The van der Waals surface area contributed by atoms with Gasteiger partial charge in [-0.15, -0.1) is 0 Å². The van der Waals surface area contributed by atoms with Gasteiger partial charge in [0.15, 0.2) is 11.5 Å². The Bertz CT molecular complexity index is 1310. The minimum atomic E-state index is -0.679. The van der Waals surface area contributed by atoms with Crippen LogP contribution >= 0.6 is 0 Å². The summed E-state index contributed by atoms with van der Waals surface area (Å²) in [6.07, 6.45) is 6.43. The van der Waals surface area contributed by atoms with Crippen LogP contribution in [0.5, 0.6) is 28.7 Å². The van der Waals surface area contributed by atoms with Crippen LogP contribution in [-0.2, 0) is 14.3 Å². The zero-order chi connectivity index (χ0) is 27.5. The highest BCUT2D eigenvalue weighted by atomic mass is 16.6. The summed E-state index contributed by atoms with van der Waals surface area (Å²) in [5.74, 6) is -0.324. The van der Waals surface area contributed by atoms with Crippen LogP contribution in [0.4, 0.5) is 0 Å². The Morgan fingerprint density at radius 2 is 1.79 bits per heavy atom. The molecule has 5 rings (SSSR count). The number of hydrogen-bond acceptors (Lipinski definition) is 9. The van der Waals surface area contributed by atoms with E-state index in [4.69, 9.17) is 23.7 Å². The average Bonchev–Trinajstić information content (AvgIpc) is 2.91. The van der Waals surface area contributed by atoms with E-state index < -0.39 is 24.0 Å². The fraction of sp³-hybridized carbons (Fsp3) is 0.433. The van der Waals surface area contributed by atoms with Crippen LogP contribution in [0.25, 0.3) is 6.08 Å². The highest BCUT2D eigenvalue weighted by Gasteiger charge is 2.36. The molecular formula is C30H32O9. The van der Waals surface area contributed by atoms with Gasteiger partial charge in [0.05, 0.1) is 19.6 Å². The molecule has 0 saturated heterocycles. The number of hydrogen-bond donors (Lipinski definition) is 1. The van der Waals surface area contributed by atoms with Crippen molar-refractivity contribution in [2.45, 2.75) is 63.9 Å². The van der Waals surface area contributed by atoms with Crippen molar-refractivity contribution in [3.05, 3.63) is 46.5 Å². The van der Waals surface area contributed by atoms with E-state index >= 15 is 0 Å². The fourth-order valence-corrected chi connectivity index (χ4v) is 5.30. The van der Waals surface area contributed by atoms with Crippen molar-refractivity contribution in [1.29, 1.82) is 0 Å². The third-order valence-corrected chi connectivity index (χ3v) is 7.23. The van der Waals surface area contributed by atoms with Crippen molar-refractivity contribution >= 4 is 23.8 Å². The number of carbonyl (C=O) groups excluding carboxylic acids is 3. The number of phenolic OH excluding ortho intramolecular Hbond substituents is 1. The topological polar surface area (TPSA) is 118 Å². The van der Waals surface area contributed by atoms with Crippen LogP contribution in [-0.4, -0.2) is 49.3 Å². The smallest absolute Gasteiger partial charge is 0.342 e. The van der Waals surface area contributed by atoms with E-state index in [0.717, 1.165) is 0 Å². The summed E-state index contributed by atoms with van der Waals surface area (Å²) in [7, 11) is 1.51. The predicted octanol–water partition coefficient (Wildman–Crippen LogP) is 5.09. The van der Waals surface area contributed by atoms with Crippen molar-refractivity contribution in [2.24, 2.45) is 0 Å². The van der Waals surface area contributed by atoms with Crippen molar-refractivity contribution in [3.8, 4) is 28.7 Å². The summed E-state index contributed by atoms with van der Waals surface area (Å²) in [6.45, 7) is 2.52. The summed E-state index contributed by atoms with van der Waals surface area (Å²) < 4.78 is 28.3. The van der Waals surface area contributed by atoms with Gasteiger partial charge in [0.2, 0.25) is 5.75 Å². The lowest BCUT2D eigenvalue weighted by molar-refractivity contribution is -0.135. The molecule has 1 N–H and O–H groups in total. The Labute approximate surface area is 226 Å². The minimum Gasteiger partial charge on any atom is -0.507 e. The molecule has 9 heteroatoms. The lowest BCUT2D eigenvalue weighted by Crippen LogP contribution is -2.24. The number of carbonyl (C=O) groups is 3. The molecule has 0 amide bonds. The summed E-state index contributed by atoms with van der Waals surface area (Å²) in [5.41, 5.74) is 1.35. The number of methoxy groups -OCH3 is 1. The molecule has 3 heterocycles. The molecule has 3 aliphatic rings. The predicted molar refractivity (Wildman–Crippen MR) is 141 cm³/mol. The maximum absolute atomic E-state index is 13.4. The fourth-order valence-electron chi connectivity index (χ4n) is 5.30. The number of cyclic esters (lactones) is 1. The maximum Gasteiger partial charge on any atom is 0.342 e. The number of phenols is 1. The third-order valence-electron chi connectivity index (χ3n) is 7.23. The van der Waals surface area contributed by atoms with E-state index in [1.165, 1.54) is 7.11 Å². The largest absolute Gasteiger partial charge is 0.507 e. The van der Waals surface area contributed by atoms with E-state index in [2.05, 4.69) is 0 Å². The van der Waals surface area contributed by atoms with Crippen molar-refractivity contribution in [2.75, 3.05) is 20.3 Å². The van der Waals surface area contributed by atoms with Crippen LogP contribution in [0.1, 0.15) is 84.8 Å². The van der Waals surface area contributed by atoms with Gasteiger partial charge in [-0.05, 0) is 61.9 Å². The Kier molecular flexibility index (Phi) is 7.77. The van der Waals surface area contributed by atoms with Crippen LogP contribution < -0.4 is 18.9 Å². The van der Waals surface area contributed by atoms with E-state index in [1.54, 1.807) is 31.2 Å². The van der Waals surface area contributed by atoms with Crippen LogP contribution in [0.3, 0.4) is 0 Å². The summed E-state index contributed by atoms with van der Waals surface area (Å²) in [6, 6.07) is 5.09. The number of ketones is 1. The molecule has 0 radical (unpaired) electrons. The Morgan fingerprint density at radius 3 is 2.62 bits per heavy atom. The van der Waals surface area contributed by atoms with E-state index in [9.17, 15) is 19.5 Å². The molecule has 0 bridgehead atoms. The van der Waals surface area contributed by atoms with Gasteiger partial charge in [-0.25, -0.2) is 4.79 Å². The lowest BCUT2D eigenvalue weighted by atomic mass is 9.83. The van der Waals surface area contributed by atoms with Gasteiger partial charge in [0.1, 0.15) is 36.1 Å². The van der Waals surface area contributed by atoms with Crippen molar-refractivity contribution in [1.82, 2.24) is 0 Å². The number of ether oxygens (including phenoxy) is 5. The molecule has 2 aromatic carbocycles. The minimum absolute atomic E-state index is 0.0115. The van der Waals surface area contributed by atoms with Gasteiger partial charge in [-0.3, -0.25) is 9.59 Å². The number of esters is 2. The second-order valence-electron chi connectivity index (χ2n) is 10.0. The van der Waals surface area contributed by atoms with E-state index in [-0.39, 0.29) is 29.3 Å². The summed E-state index contributed by atoms with van der Waals surface area (Å²) in [5, 5.41) is 11.6. The zero-order valence-electron chi connectivity index (χ0n) is 22.1. The van der Waals surface area contributed by atoms with Crippen LogP contribution in [0.2, 0.25) is 0 Å². The molecule has 0 aromatic heterocycles. The molecule has 3 aliphatic heterocycles. The summed E-state index contributed by atoms with van der Waals surface area (Å²) in [4.78, 5) is 38.2. The third kappa shape index (κ3) is 5.57.